The lowest BCUT2D eigenvalue weighted by molar-refractivity contribution is 0.103. The molecule has 0 radical (unpaired) electrons. The van der Waals surface area contributed by atoms with Gasteiger partial charge in [0.05, 0.1) is 12.1 Å². The van der Waals surface area contributed by atoms with Gasteiger partial charge in [-0.25, -0.2) is 4.98 Å². The van der Waals surface area contributed by atoms with Gasteiger partial charge in [-0.2, -0.15) is 0 Å². The number of aromatic nitrogens is 2. The maximum Gasteiger partial charge on any atom is 0.212 e. The van der Waals surface area contributed by atoms with Gasteiger partial charge in [0.25, 0.3) is 0 Å². The summed E-state index contributed by atoms with van der Waals surface area (Å²) >= 11 is 12.4. The molecule has 6 heteroatoms. The number of ketones is 1. The van der Waals surface area contributed by atoms with Crippen LogP contribution in [-0.4, -0.2) is 22.4 Å². The summed E-state index contributed by atoms with van der Waals surface area (Å²) in [6.45, 7) is 0. The minimum absolute atomic E-state index is 0.186. The first-order valence-corrected chi connectivity index (χ1v) is 9.61. The molecule has 0 amide bonds. The van der Waals surface area contributed by atoms with Crippen LogP contribution in [0.25, 0.3) is 17.1 Å². The highest BCUT2D eigenvalue weighted by Gasteiger charge is 2.19. The van der Waals surface area contributed by atoms with Crippen molar-refractivity contribution in [1.82, 2.24) is 9.55 Å². The number of rotatable bonds is 5. The van der Waals surface area contributed by atoms with Gasteiger partial charge in [-0.05, 0) is 60.7 Å². The number of carbonyl (C=O) groups is 1. The van der Waals surface area contributed by atoms with E-state index >= 15 is 0 Å². The van der Waals surface area contributed by atoms with Crippen LogP contribution in [0.15, 0.2) is 79.0 Å². The molecule has 0 aliphatic carbocycles. The van der Waals surface area contributed by atoms with Gasteiger partial charge >= 0.3 is 0 Å². The molecule has 0 spiro atoms. The third-order valence-electron chi connectivity index (χ3n) is 4.51. The van der Waals surface area contributed by atoms with Gasteiger partial charge in [-0.1, -0.05) is 35.3 Å². The minimum Gasteiger partial charge on any atom is -0.497 e. The van der Waals surface area contributed by atoms with Gasteiger partial charge in [0.1, 0.15) is 17.3 Å². The van der Waals surface area contributed by atoms with Gasteiger partial charge in [-0.15, -0.1) is 0 Å². The highest BCUT2D eigenvalue weighted by Crippen LogP contribution is 2.30. The summed E-state index contributed by atoms with van der Waals surface area (Å²) in [5, 5.41) is 1.18. The molecule has 0 atom stereocenters. The molecule has 3 aromatic carbocycles. The third-order valence-corrected chi connectivity index (χ3v) is 5.09. The van der Waals surface area contributed by atoms with E-state index in [4.69, 9.17) is 27.9 Å². The Morgan fingerprint density at radius 1 is 0.931 bits per heavy atom. The van der Waals surface area contributed by atoms with E-state index in [2.05, 4.69) is 4.98 Å². The van der Waals surface area contributed by atoms with E-state index in [0.29, 0.717) is 32.9 Å². The Bertz CT molecular complexity index is 1170. The lowest BCUT2D eigenvalue weighted by Crippen LogP contribution is -2.01. The number of halogens is 2. The summed E-state index contributed by atoms with van der Waals surface area (Å²) in [6.07, 6.45) is 1.72. The van der Waals surface area contributed by atoms with E-state index in [1.54, 1.807) is 55.8 Å². The molecular formula is C23H16Cl2N2O2. The second-order valence-electron chi connectivity index (χ2n) is 6.33. The first-order valence-electron chi connectivity index (χ1n) is 8.86. The third kappa shape index (κ3) is 3.90. The molecule has 0 unspecified atom stereocenters. The number of imidazole rings is 1. The van der Waals surface area contributed by atoms with E-state index < -0.39 is 0 Å². The molecular weight excluding hydrogens is 407 g/mol. The maximum atomic E-state index is 13.0. The topological polar surface area (TPSA) is 44.1 Å². The molecule has 0 fully saturated rings. The van der Waals surface area contributed by atoms with Crippen LogP contribution >= 0.6 is 23.2 Å². The number of ether oxygens (including phenoxy) is 1. The molecule has 0 aliphatic heterocycles. The van der Waals surface area contributed by atoms with Crippen molar-refractivity contribution < 1.29 is 9.53 Å². The highest BCUT2D eigenvalue weighted by atomic mass is 35.5. The van der Waals surface area contributed by atoms with Gasteiger partial charge in [-0.3, -0.25) is 9.36 Å². The summed E-state index contributed by atoms with van der Waals surface area (Å²) in [7, 11) is 1.58. The Labute approximate surface area is 178 Å². The quantitative estimate of drug-likeness (QED) is 0.365. The Morgan fingerprint density at radius 3 is 2.28 bits per heavy atom. The molecule has 4 rings (SSSR count). The maximum absolute atomic E-state index is 13.0. The summed E-state index contributed by atoms with van der Waals surface area (Å²) in [4.78, 5) is 17.7. The summed E-state index contributed by atoms with van der Waals surface area (Å²) in [6, 6.07) is 21.7. The van der Waals surface area contributed by atoms with Crippen LogP contribution < -0.4 is 4.74 Å². The second-order valence-corrected chi connectivity index (χ2v) is 7.18. The summed E-state index contributed by atoms with van der Waals surface area (Å²) < 4.78 is 7.00. The molecule has 0 bridgehead atoms. The molecule has 144 valence electrons. The van der Waals surface area contributed by atoms with Crippen LogP contribution in [0.3, 0.4) is 0 Å². The van der Waals surface area contributed by atoms with E-state index in [1.165, 1.54) is 0 Å². The van der Waals surface area contributed by atoms with Crippen LogP contribution in [0, 0.1) is 0 Å². The van der Waals surface area contributed by atoms with E-state index in [1.807, 2.05) is 34.9 Å². The minimum atomic E-state index is -0.186. The van der Waals surface area contributed by atoms with Crippen LogP contribution in [0.4, 0.5) is 0 Å². The zero-order valence-corrected chi connectivity index (χ0v) is 17.0. The van der Waals surface area contributed by atoms with Crippen molar-refractivity contribution in [3.05, 3.63) is 100 Å². The molecule has 0 saturated carbocycles. The average molecular weight is 423 g/mol. The van der Waals surface area contributed by atoms with Crippen molar-refractivity contribution in [2.45, 2.75) is 0 Å². The number of carbonyl (C=O) groups excluding carboxylic acids is 1. The Balaban J connectivity index is 1.83. The van der Waals surface area contributed by atoms with Crippen molar-refractivity contribution in [1.29, 1.82) is 0 Å². The lowest BCUT2D eigenvalue weighted by atomic mass is 10.1. The van der Waals surface area contributed by atoms with Crippen LogP contribution in [0.2, 0.25) is 10.0 Å². The predicted molar refractivity (Wildman–Crippen MR) is 115 cm³/mol. The molecule has 4 nitrogen and oxygen atoms in total. The van der Waals surface area contributed by atoms with Crippen LogP contribution in [0.1, 0.15) is 16.1 Å². The van der Waals surface area contributed by atoms with Crippen molar-refractivity contribution in [3.8, 4) is 22.8 Å². The molecule has 29 heavy (non-hydrogen) atoms. The number of nitrogens with zero attached hydrogens (tertiary/aromatic N) is 2. The number of methoxy groups -OCH3 is 1. The first kappa shape index (κ1) is 19.2. The van der Waals surface area contributed by atoms with Crippen LogP contribution in [0.5, 0.6) is 5.75 Å². The molecule has 1 aromatic heterocycles. The molecule has 1 heterocycles. The zero-order chi connectivity index (χ0) is 20.4. The molecule has 0 saturated heterocycles. The normalized spacial score (nSPS) is 10.7. The average Bonchev–Trinajstić information content (AvgIpc) is 3.19. The fourth-order valence-electron chi connectivity index (χ4n) is 3.01. The fourth-order valence-corrected chi connectivity index (χ4v) is 3.36. The number of benzene rings is 3. The Kier molecular flexibility index (Phi) is 5.38. The monoisotopic (exact) mass is 422 g/mol. The Morgan fingerprint density at radius 2 is 1.62 bits per heavy atom. The van der Waals surface area contributed by atoms with Gasteiger partial charge in [0.2, 0.25) is 5.78 Å². The summed E-state index contributed by atoms with van der Waals surface area (Å²) in [5.41, 5.74) is 2.40. The molecule has 0 N–H and O–H groups in total. The number of hydrogen-bond acceptors (Lipinski definition) is 3. The lowest BCUT2D eigenvalue weighted by Gasteiger charge is -2.09. The van der Waals surface area contributed by atoms with Gasteiger partial charge in [0.15, 0.2) is 0 Å². The van der Waals surface area contributed by atoms with Gasteiger partial charge < -0.3 is 4.74 Å². The van der Waals surface area contributed by atoms with Crippen molar-refractivity contribution in [2.24, 2.45) is 0 Å². The SMILES string of the molecule is COc1ccc(C(=O)c2cn(-c3ccc(Cl)cc3)c(-c3ccccc3Cl)n2)cc1. The number of hydrogen-bond donors (Lipinski definition) is 0. The fraction of sp³-hybridized carbons (Fsp3) is 0.0435. The standard InChI is InChI=1S/C23H16Cl2N2O2/c1-29-18-12-6-15(7-13-18)22(28)21-14-27(17-10-8-16(24)9-11-17)23(26-21)19-4-2-3-5-20(19)25/h2-14H,1H3. The van der Waals surface area contributed by atoms with Gasteiger partial charge in [0, 0.05) is 28.0 Å². The summed E-state index contributed by atoms with van der Waals surface area (Å²) in [5.74, 6) is 1.08. The Hall–Kier alpha value is -3.08. The molecule has 4 aromatic rings. The van der Waals surface area contributed by atoms with Crippen LogP contribution in [-0.2, 0) is 0 Å². The predicted octanol–water partition coefficient (Wildman–Crippen LogP) is 6.09. The van der Waals surface area contributed by atoms with Crippen molar-refractivity contribution in [2.75, 3.05) is 7.11 Å². The van der Waals surface area contributed by atoms with E-state index in [-0.39, 0.29) is 5.78 Å². The smallest absolute Gasteiger partial charge is 0.212 e. The van der Waals surface area contributed by atoms with E-state index in [9.17, 15) is 4.79 Å². The zero-order valence-electron chi connectivity index (χ0n) is 15.5. The molecule has 0 aliphatic rings. The van der Waals surface area contributed by atoms with E-state index in [0.717, 1.165) is 11.3 Å². The first-order chi connectivity index (χ1) is 14.1. The largest absolute Gasteiger partial charge is 0.497 e. The second kappa shape index (κ2) is 8.11. The van der Waals surface area contributed by atoms with Crippen molar-refractivity contribution >= 4 is 29.0 Å². The van der Waals surface area contributed by atoms with Crippen molar-refractivity contribution in [3.63, 3.8) is 0 Å². The highest BCUT2D eigenvalue weighted by molar-refractivity contribution is 6.33.